The molecule has 7 heteroatoms. The highest BCUT2D eigenvalue weighted by Crippen LogP contribution is 2.17. The molecule has 2 N–H and O–H groups in total. The van der Waals surface area contributed by atoms with Crippen LogP contribution in [0.25, 0.3) is 0 Å². The highest BCUT2D eigenvalue weighted by atomic mass is 19.4. The van der Waals surface area contributed by atoms with Crippen LogP contribution in [0.1, 0.15) is 6.42 Å². The molecule has 0 aromatic rings. The molecule has 1 fully saturated rings. The molecule has 0 bridgehead atoms. The summed E-state index contributed by atoms with van der Waals surface area (Å²) in [5.74, 6) is 0. The lowest BCUT2D eigenvalue weighted by Gasteiger charge is -2.27. The van der Waals surface area contributed by atoms with E-state index in [1.807, 2.05) is 0 Å². The lowest BCUT2D eigenvalue weighted by Crippen LogP contribution is -2.44. The third-order valence-corrected chi connectivity index (χ3v) is 2.52. The minimum absolute atomic E-state index is 0.141. The van der Waals surface area contributed by atoms with Gasteiger partial charge in [-0.3, -0.25) is 4.74 Å². The Kier molecular flexibility index (Phi) is 4.54. The third kappa shape index (κ3) is 5.11. The summed E-state index contributed by atoms with van der Waals surface area (Å²) < 4.78 is 38.7. The van der Waals surface area contributed by atoms with Crippen LogP contribution in [0.5, 0.6) is 0 Å². The van der Waals surface area contributed by atoms with Gasteiger partial charge in [-0.25, -0.2) is 0 Å². The van der Waals surface area contributed by atoms with Gasteiger partial charge >= 0.3 is 6.36 Å². The molecule has 0 aliphatic carbocycles. The fourth-order valence-corrected chi connectivity index (χ4v) is 1.76. The van der Waals surface area contributed by atoms with E-state index < -0.39 is 18.6 Å². The summed E-state index contributed by atoms with van der Waals surface area (Å²) in [5.41, 5.74) is -0.826. The molecule has 1 saturated heterocycles. The van der Waals surface area contributed by atoms with Gasteiger partial charge in [0, 0.05) is 19.6 Å². The number of ether oxygens (including phenoxy) is 1. The quantitative estimate of drug-likeness (QED) is 0.722. The van der Waals surface area contributed by atoms with E-state index in [-0.39, 0.29) is 6.54 Å². The maximum atomic E-state index is 11.7. The second-order valence-corrected chi connectivity index (χ2v) is 4.18. The van der Waals surface area contributed by atoms with Gasteiger partial charge in [-0.05, 0) is 20.0 Å². The summed E-state index contributed by atoms with van der Waals surface area (Å²) in [7, 11) is 1.66. The van der Waals surface area contributed by atoms with Gasteiger partial charge in [0.05, 0.1) is 12.2 Å². The molecular weight excluding hydrogens is 225 g/mol. The van der Waals surface area contributed by atoms with Crippen LogP contribution < -0.4 is 5.32 Å². The first-order valence-electron chi connectivity index (χ1n) is 5.13. The fourth-order valence-electron chi connectivity index (χ4n) is 1.76. The van der Waals surface area contributed by atoms with Crippen LogP contribution in [0.4, 0.5) is 13.2 Å². The van der Waals surface area contributed by atoms with Crippen LogP contribution >= 0.6 is 0 Å². The number of alkyl halides is 3. The van der Waals surface area contributed by atoms with Crippen LogP contribution in [-0.2, 0) is 4.74 Å². The standard InChI is InChI=1S/C9H17F3N2O2/c1-14(4-5-16-9(10,11)12)7-8(15)2-3-13-6-8/h13,15H,2-7H2,1H3. The molecule has 0 aromatic carbocycles. The second kappa shape index (κ2) is 5.31. The number of halogens is 3. The van der Waals surface area contributed by atoms with Crippen molar-refractivity contribution >= 4 is 0 Å². The van der Waals surface area contributed by atoms with Crippen molar-refractivity contribution in [1.29, 1.82) is 0 Å². The summed E-state index contributed by atoms with van der Waals surface area (Å²) >= 11 is 0. The van der Waals surface area contributed by atoms with E-state index in [4.69, 9.17) is 0 Å². The first kappa shape index (κ1) is 13.7. The normalized spacial score (nSPS) is 26.6. The molecule has 0 amide bonds. The molecule has 0 radical (unpaired) electrons. The van der Waals surface area contributed by atoms with Crippen LogP contribution in [0, 0.1) is 0 Å². The topological polar surface area (TPSA) is 44.7 Å². The predicted molar refractivity (Wildman–Crippen MR) is 51.9 cm³/mol. The monoisotopic (exact) mass is 242 g/mol. The van der Waals surface area contributed by atoms with Gasteiger partial charge in [-0.15, -0.1) is 13.2 Å². The first-order chi connectivity index (χ1) is 7.31. The number of hydrogen-bond donors (Lipinski definition) is 2. The molecule has 0 aromatic heterocycles. The van der Waals surface area contributed by atoms with Crippen LogP contribution in [0.2, 0.25) is 0 Å². The van der Waals surface area contributed by atoms with Crippen molar-refractivity contribution in [2.75, 3.05) is 39.8 Å². The Balaban J connectivity index is 2.18. The van der Waals surface area contributed by atoms with E-state index >= 15 is 0 Å². The molecule has 1 heterocycles. The molecule has 96 valence electrons. The Labute approximate surface area is 92.4 Å². The van der Waals surface area contributed by atoms with Crippen molar-refractivity contribution in [2.24, 2.45) is 0 Å². The van der Waals surface area contributed by atoms with E-state index in [9.17, 15) is 18.3 Å². The van der Waals surface area contributed by atoms with Crippen molar-refractivity contribution in [3.05, 3.63) is 0 Å². The Hall–Kier alpha value is -0.370. The molecule has 1 atom stereocenters. The summed E-state index contributed by atoms with van der Waals surface area (Å²) in [4.78, 5) is 1.64. The Bertz CT molecular complexity index is 217. The number of nitrogens with one attached hydrogen (secondary N) is 1. The van der Waals surface area contributed by atoms with Crippen molar-refractivity contribution in [3.63, 3.8) is 0 Å². The molecule has 4 nitrogen and oxygen atoms in total. The van der Waals surface area contributed by atoms with Crippen molar-refractivity contribution in [2.45, 2.75) is 18.4 Å². The number of likely N-dealkylation sites (N-methyl/N-ethyl adjacent to an activating group) is 1. The Morgan fingerprint density at radius 3 is 2.69 bits per heavy atom. The summed E-state index contributed by atoms with van der Waals surface area (Å²) in [6.07, 6.45) is -3.95. The minimum Gasteiger partial charge on any atom is -0.387 e. The zero-order valence-corrected chi connectivity index (χ0v) is 9.18. The molecule has 1 unspecified atom stereocenters. The van der Waals surface area contributed by atoms with Gasteiger partial charge in [0.25, 0.3) is 0 Å². The van der Waals surface area contributed by atoms with E-state index in [2.05, 4.69) is 10.1 Å². The summed E-state index contributed by atoms with van der Waals surface area (Å²) in [5, 5.41) is 13.0. The fraction of sp³-hybridized carbons (Fsp3) is 1.00. The van der Waals surface area contributed by atoms with Crippen LogP contribution in [-0.4, -0.2) is 61.8 Å². The second-order valence-electron chi connectivity index (χ2n) is 4.18. The van der Waals surface area contributed by atoms with Gasteiger partial charge < -0.3 is 15.3 Å². The predicted octanol–water partition coefficient (Wildman–Crippen LogP) is 0.179. The molecule has 0 spiro atoms. The smallest absolute Gasteiger partial charge is 0.387 e. The molecule has 1 rings (SSSR count). The van der Waals surface area contributed by atoms with Gasteiger partial charge in [0.15, 0.2) is 0 Å². The van der Waals surface area contributed by atoms with Crippen molar-refractivity contribution in [1.82, 2.24) is 10.2 Å². The van der Waals surface area contributed by atoms with E-state index in [1.54, 1.807) is 11.9 Å². The Morgan fingerprint density at radius 2 is 2.19 bits per heavy atom. The first-order valence-corrected chi connectivity index (χ1v) is 5.13. The molecule has 1 aliphatic heterocycles. The number of β-amino-alcohol motifs (C(OH)–C–C–N with tert-alkyl or cyclic N) is 1. The van der Waals surface area contributed by atoms with Gasteiger partial charge in [-0.1, -0.05) is 0 Å². The number of aliphatic hydroxyl groups is 1. The highest BCUT2D eigenvalue weighted by Gasteiger charge is 2.33. The number of hydrogen-bond acceptors (Lipinski definition) is 4. The maximum absolute atomic E-state index is 11.7. The number of nitrogens with zero attached hydrogens (tertiary/aromatic N) is 1. The lowest BCUT2D eigenvalue weighted by molar-refractivity contribution is -0.325. The van der Waals surface area contributed by atoms with Gasteiger partial charge in [0.1, 0.15) is 0 Å². The molecular formula is C9H17F3N2O2. The SMILES string of the molecule is CN(CCOC(F)(F)F)CC1(O)CCNC1. The summed E-state index contributed by atoms with van der Waals surface area (Å²) in [6, 6.07) is 0. The zero-order valence-electron chi connectivity index (χ0n) is 9.18. The van der Waals surface area contributed by atoms with Crippen molar-refractivity contribution < 1.29 is 23.0 Å². The average Bonchev–Trinajstić information content (AvgIpc) is 2.49. The molecule has 0 saturated carbocycles. The van der Waals surface area contributed by atoms with E-state index in [0.29, 0.717) is 19.5 Å². The number of rotatable bonds is 5. The third-order valence-electron chi connectivity index (χ3n) is 2.52. The van der Waals surface area contributed by atoms with Gasteiger partial charge in [-0.2, -0.15) is 0 Å². The van der Waals surface area contributed by atoms with E-state index in [1.165, 1.54) is 0 Å². The lowest BCUT2D eigenvalue weighted by atomic mass is 10.0. The molecule has 16 heavy (non-hydrogen) atoms. The largest absolute Gasteiger partial charge is 0.522 e. The highest BCUT2D eigenvalue weighted by molar-refractivity contribution is 4.89. The van der Waals surface area contributed by atoms with Crippen molar-refractivity contribution in [3.8, 4) is 0 Å². The Morgan fingerprint density at radius 1 is 1.50 bits per heavy atom. The summed E-state index contributed by atoms with van der Waals surface area (Å²) in [6.45, 7) is 1.30. The maximum Gasteiger partial charge on any atom is 0.522 e. The molecule has 1 aliphatic rings. The average molecular weight is 242 g/mol. The van der Waals surface area contributed by atoms with Crippen LogP contribution in [0.3, 0.4) is 0 Å². The van der Waals surface area contributed by atoms with Crippen LogP contribution in [0.15, 0.2) is 0 Å². The zero-order chi connectivity index (χ0) is 12.2. The van der Waals surface area contributed by atoms with Gasteiger partial charge in [0.2, 0.25) is 0 Å². The minimum atomic E-state index is -4.58. The van der Waals surface area contributed by atoms with E-state index in [0.717, 1.165) is 6.54 Å².